The van der Waals surface area contributed by atoms with Gasteiger partial charge in [0.25, 0.3) is 5.69 Å². The van der Waals surface area contributed by atoms with Gasteiger partial charge in [0, 0.05) is 23.8 Å². The van der Waals surface area contributed by atoms with E-state index in [0.29, 0.717) is 15.6 Å². The van der Waals surface area contributed by atoms with E-state index in [1.165, 1.54) is 36.5 Å². The Hall–Kier alpha value is -2.94. The Balaban J connectivity index is 1.95. The zero-order valence-electron chi connectivity index (χ0n) is 12.1. The largest absolute Gasteiger partial charge is 0.507 e. The van der Waals surface area contributed by atoms with Crippen LogP contribution in [0.2, 0.25) is 0 Å². The van der Waals surface area contributed by atoms with E-state index in [0.717, 1.165) is 6.07 Å². The average Bonchev–Trinajstić information content (AvgIpc) is 2.52. The third-order valence-corrected chi connectivity index (χ3v) is 3.64. The first-order chi connectivity index (χ1) is 11.4. The number of halogens is 1. The highest BCUT2D eigenvalue weighted by Gasteiger charge is 2.07. The number of hydrazone groups is 1. The summed E-state index contributed by atoms with van der Waals surface area (Å²) in [5.41, 5.74) is 3.14. The van der Waals surface area contributed by atoms with Crippen LogP contribution < -0.4 is 5.43 Å². The van der Waals surface area contributed by atoms with E-state index in [2.05, 4.69) is 26.5 Å². The van der Waals surface area contributed by atoms with E-state index in [1.807, 2.05) is 0 Å². The number of rotatable bonds is 5. The van der Waals surface area contributed by atoms with Gasteiger partial charge in [-0.2, -0.15) is 5.10 Å². The predicted molar refractivity (Wildman–Crippen MR) is 90.0 cm³/mol. The van der Waals surface area contributed by atoms with Crippen LogP contribution in [0.5, 0.6) is 11.5 Å². The molecule has 0 fully saturated rings. The highest BCUT2D eigenvalue weighted by Crippen LogP contribution is 2.30. The van der Waals surface area contributed by atoms with Crippen molar-refractivity contribution in [3.63, 3.8) is 0 Å². The molecule has 0 unspecified atom stereocenters. The van der Waals surface area contributed by atoms with Crippen molar-refractivity contribution in [1.29, 1.82) is 0 Å². The van der Waals surface area contributed by atoms with Gasteiger partial charge in [-0.1, -0.05) is 12.1 Å². The molecule has 124 valence electrons. The number of carbonyl (C=O) groups is 1. The van der Waals surface area contributed by atoms with Gasteiger partial charge in [0.15, 0.2) is 0 Å². The minimum Gasteiger partial charge on any atom is -0.507 e. The summed E-state index contributed by atoms with van der Waals surface area (Å²) in [5.74, 6) is -0.728. The summed E-state index contributed by atoms with van der Waals surface area (Å²) in [6.45, 7) is 0. The fourth-order valence-electron chi connectivity index (χ4n) is 1.80. The molecule has 1 amide bonds. The molecule has 0 aliphatic heterocycles. The van der Waals surface area contributed by atoms with E-state index in [9.17, 15) is 25.1 Å². The van der Waals surface area contributed by atoms with Crippen molar-refractivity contribution < 1.29 is 19.9 Å². The molecule has 0 aromatic heterocycles. The number of non-ortho nitro benzene ring substituents is 1. The van der Waals surface area contributed by atoms with Crippen molar-refractivity contribution >= 4 is 33.7 Å². The number of hydrogen-bond acceptors (Lipinski definition) is 6. The molecule has 2 aromatic rings. The summed E-state index contributed by atoms with van der Waals surface area (Å²) >= 11 is 3.10. The molecule has 2 aromatic carbocycles. The first-order valence-electron chi connectivity index (χ1n) is 6.63. The Kier molecular flexibility index (Phi) is 5.48. The van der Waals surface area contributed by atoms with Gasteiger partial charge >= 0.3 is 0 Å². The average molecular weight is 394 g/mol. The van der Waals surface area contributed by atoms with Crippen molar-refractivity contribution in [2.24, 2.45) is 5.10 Å². The summed E-state index contributed by atoms with van der Waals surface area (Å²) in [6, 6.07) is 8.20. The minimum atomic E-state index is -0.517. The molecule has 24 heavy (non-hydrogen) atoms. The smallest absolute Gasteiger partial charge is 0.269 e. The number of nitrogens with one attached hydrogen (secondary N) is 1. The second-order valence-electron chi connectivity index (χ2n) is 4.76. The predicted octanol–water partition coefficient (Wildman–Crippen LogP) is 2.46. The maximum atomic E-state index is 11.8. The van der Waals surface area contributed by atoms with Gasteiger partial charge < -0.3 is 10.2 Å². The van der Waals surface area contributed by atoms with E-state index >= 15 is 0 Å². The fraction of sp³-hybridized carbons (Fsp3) is 0.0667. The Bertz CT molecular complexity index is 806. The van der Waals surface area contributed by atoms with Crippen molar-refractivity contribution in [2.75, 3.05) is 0 Å². The van der Waals surface area contributed by atoms with Crippen molar-refractivity contribution in [1.82, 2.24) is 5.43 Å². The van der Waals surface area contributed by atoms with Crippen LogP contribution in [-0.2, 0) is 11.2 Å². The molecule has 0 aliphatic carbocycles. The van der Waals surface area contributed by atoms with Gasteiger partial charge in [-0.25, -0.2) is 5.43 Å². The van der Waals surface area contributed by atoms with Crippen LogP contribution in [0.1, 0.15) is 11.1 Å². The highest BCUT2D eigenvalue weighted by molar-refractivity contribution is 9.10. The maximum Gasteiger partial charge on any atom is 0.269 e. The lowest BCUT2D eigenvalue weighted by molar-refractivity contribution is -0.384. The van der Waals surface area contributed by atoms with Gasteiger partial charge in [0.05, 0.1) is 22.0 Å². The lowest BCUT2D eigenvalue weighted by Crippen LogP contribution is -2.19. The van der Waals surface area contributed by atoms with Crippen LogP contribution in [0.3, 0.4) is 0 Å². The van der Waals surface area contributed by atoms with Gasteiger partial charge in [0.1, 0.15) is 11.5 Å². The first kappa shape index (κ1) is 17.4. The van der Waals surface area contributed by atoms with Crippen molar-refractivity contribution in [2.45, 2.75) is 6.42 Å². The number of carbonyl (C=O) groups excluding carboxylic acids is 1. The molecule has 2 rings (SSSR count). The molecule has 0 aliphatic rings. The molecule has 9 heteroatoms. The maximum absolute atomic E-state index is 11.8. The van der Waals surface area contributed by atoms with Gasteiger partial charge in [-0.15, -0.1) is 0 Å². The van der Waals surface area contributed by atoms with E-state index in [1.54, 1.807) is 0 Å². The number of aromatic hydroxyl groups is 2. The highest BCUT2D eigenvalue weighted by atomic mass is 79.9. The number of amides is 1. The quantitative estimate of drug-likeness (QED) is 0.408. The molecule has 0 bridgehead atoms. The summed E-state index contributed by atoms with van der Waals surface area (Å²) in [6.07, 6.45) is 1.23. The van der Waals surface area contributed by atoms with Crippen LogP contribution in [-0.4, -0.2) is 27.3 Å². The lowest BCUT2D eigenvalue weighted by atomic mass is 10.1. The number of phenols is 2. The number of hydrogen-bond donors (Lipinski definition) is 3. The fourth-order valence-corrected chi connectivity index (χ4v) is 2.16. The number of benzene rings is 2. The molecule has 8 nitrogen and oxygen atoms in total. The summed E-state index contributed by atoms with van der Waals surface area (Å²) < 4.78 is 0.374. The van der Waals surface area contributed by atoms with Crippen LogP contribution in [0.15, 0.2) is 46.0 Å². The molecule has 0 heterocycles. The first-order valence-corrected chi connectivity index (χ1v) is 7.43. The third-order valence-electron chi connectivity index (χ3n) is 3.00. The van der Waals surface area contributed by atoms with E-state index < -0.39 is 10.8 Å². The standard InChI is InChI=1S/C15H12BrN3O5/c16-12-6-10(13(20)7-14(12)21)8-17-18-15(22)5-9-1-3-11(4-2-9)19(23)24/h1-4,6-8,20-21H,5H2,(H,18,22)/b17-8+. The van der Waals surface area contributed by atoms with Gasteiger partial charge in [-0.05, 0) is 27.6 Å². The number of nitro groups is 1. The normalized spacial score (nSPS) is 10.7. The van der Waals surface area contributed by atoms with Crippen LogP contribution in [0.25, 0.3) is 0 Å². The SMILES string of the molecule is O=C(Cc1ccc([N+](=O)[O-])cc1)N/N=C/c1cc(Br)c(O)cc1O. The van der Waals surface area contributed by atoms with E-state index in [-0.39, 0.29) is 23.6 Å². The molecule has 0 radical (unpaired) electrons. The lowest BCUT2D eigenvalue weighted by Gasteiger charge is -2.03. The Morgan fingerprint density at radius 1 is 1.25 bits per heavy atom. The Labute approximate surface area is 144 Å². The molecule has 0 saturated carbocycles. The number of nitrogens with zero attached hydrogens (tertiary/aromatic N) is 2. The third kappa shape index (κ3) is 4.53. The van der Waals surface area contributed by atoms with Gasteiger partial charge in [0.2, 0.25) is 5.91 Å². The molecule has 0 atom stereocenters. The molecular weight excluding hydrogens is 382 g/mol. The summed E-state index contributed by atoms with van der Waals surface area (Å²) in [5, 5.41) is 33.3. The van der Waals surface area contributed by atoms with Crippen molar-refractivity contribution in [3.05, 3.63) is 62.1 Å². The minimum absolute atomic E-state index is 0.000584. The van der Waals surface area contributed by atoms with Crippen LogP contribution in [0.4, 0.5) is 5.69 Å². The molecule has 3 N–H and O–H groups in total. The Morgan fingerprint density at radius 2 is 1.92 bits per heavy atom. The number of nitro benzene ring substituents is 1. The monoisotopic (exact) mass is 393 g/mol. The molecular formula is C15H12BrN3O5. The zero-order valence-corrected chi connectivity index (χ0v) is 13.7. The molecule has 0 spiro atoms. The van der Waals surface area contributed by atoms with Gasteiger partial charge in [-0.3, -0.25) is 14.9 Å². The Morgan fingerprint density at radius 3 is 2.54 bits per heavy atom. The van der Waals surface area contributed by atoms with Crippen molar-refractivity contribution in [3.8, 4) is 11.5 Å². The summed E-state index contributed by atoms with van der Waals surface area (Å²) in [7, 11) is 0. The zero-order chi connectivity index (χ0) is 17.7. The van der Waals surface area contributed by atoms with Crippen LogP contribution in [0, 0.1) is 10.1 Å². The second-order valence-corrected chi connectivity index (χ2v) is 5.61. The number of phenolic OH excluding ortho intramolecular Hbond substituents is 2. The van der Waals surface area contributed by atoms with E-state index in [4.69, 9.17) is 0 Å². The molecule has 0 saturated heterocycles. The second kappa shape index (κ2) is 7.55. The van der Waals surface area contributed by atoms with Crippen LogP contribution >= 0.6 is 15.9 Å². The topological polar surface area (TPSA) is 125 Å². The summed E-state index contributed by atoms with van der Waals surface area (Å²) in [4.78, 5) is 21.8.